The molecule has 0 aliphatic carbocycles. The quantitative estimate of drug-likeness (QED) is 0.518. The SMILES string of the molecule is Cc1c(C#N)c(O)n(C(C)C)c(=O)c1N=Nc1ccc(N=Nc2ccccc2)cc1. The molecule has 0 radical (unpaired) electrons. The first-order valence-electron chi connectivity index (χ1n) is 9.29. The van der Waals surface area contributed by atoms with E-state index in [-0.39, 0.29) is 28.7 Å². The van der Waals surface area contributed by atoms with Gasteiger partial charge in [-0.1, -0.05) is 18.2 Å². The predicted molar refractivity (Wildman–Crippen MR) is 113 cm³/mol. The second-order valence-electron chi connectivity index (χ2n) is 6.80. The third kappa shape index (κ3) is 4.31. The van der Waals surface area contributed by atoms with Crippen molar-refractivity contribution in [1.82, 2.24) is 4.57 Å². The average Bonchev–Trinajstić information content (AvgIpc) is 2.73. The highest BCUT2D eigenvalue weighted by molar-refractivity contribution is 5.57. The minimum atomic E-state index is -0.504. The number of hydrogen-bond acceptors (Lipinski definition) is 7. The van der Waals surface area contributed by atoms with Crippen LogP contribution in [0.2, 0.25) is 0 Å². The van der Waals surface area contributed by atoms with Crippen LogP contribution >= 0.6 is 0 Å². The van der Waals surface area contributed by atoms with Crippen molar-refractivity contribution in [3.8, 4) is 11.9 Å². The molecule has 0 spiro atoms. The number of benzene rings is 2. The summed E-state index contributed by atoms with van der Waals surface area (Å²) in [6, 6.07) is 17.8. The molecule has 0 fully saturated rings. The minimum absolute atomic E-state index is 0.00826. The van der Waals surface area contributed by atoms with Crippen LogP contribution in [0.25, 0.3) is 0 Å². The number of aromatic hydroxyl groups is 1. The van der Waals surface area contributed by atoms with Crippen molar-refractivity contribution < 1.29 is 5.11 Å². The van der Waals surface area contributed by atoms with Crippen molar-refractivity contribution in [3.63, 3.8) is 0 Å². The molecule has 30 heavy (non-hydrogen) atoms. The van der Waals surface area contributed by atoms with Gasteiger partial charge in [-0.3, -0.25) is 9.36 Å². The Kier molecular flexibility index (Phi) is 6.13. The van der Waals surface area contributed by atoms with Gasteiger partial charge in [-0.15, -0.1) is 5.11 Å². The van der Waals surface area contributed by atoms with E-state index in [0.29, 0.717) is 11.4 Å². The summed E-state index contributed by atoms with van der Waals surface area (Å²) < 4.78 is 1.13. The molecule has 1 aromatic heterocycles. The number of nitriles is 1. The van der Waals surface area contributed by atoms with Crippen LogP contribution in [0.5, 0.6) is 5.88 Å². The number of aromatic nitrogens is 1. The fourth-order valence-electron chi connectivity index (χ4n) is 2.81. The lowest BCUT2D eigenvalue weighted by Gasteiger charge is -2.15. The third-order valence-corrected chi connectivity index (χ3v) is 4.38. The first-order valence-corrected chi connectivity index (χ1v) is 9.29. The zero-order valence-electron chi connectivity index (χ0n) is 16.8. The molecule has 3 rings (SSSR count). The van der Waals surface area contributed by atoms with Gasteiger partial charge < -0.3 is 5.11 Å². The van der Waals surface area contributed by atoms with Crippen molar-refractivity contribution in [1.29, 1.82) is 5.26 Å². The van der Waals surface area contributed by atoms with E-state index in [0.717, 1.165) is 10.3 Å². The maximum Gasteiger partial charge on any atom is 0.281 e. The van der Waals surface area contributed by atoms with Crippen LogP contribution < -0.4 is 5.56 Å². The molecule has 0 saturated heterocycles. The molecular formula is C22H20N6O2. The highest BCUT2D eigenvalue weighted by atomic mass is 16.3. The summed E-state index contributed by atoms with van der Waals surface area (Å²) in [5.74, 6) is -0.359. The van der Waals surface area contributed by atoms with Gasteiger partial charge in [0.15, 0.2) is 5.69 Å². The van der Waals surface area contributed by atoms with Gasteiger partial charge in [0, 0.05) is 11.6 Å². The maximum absolute atomic E-state index is 12.7. The van der Waals surface area contributed by atoms with Gasteiger partial charge in [-0.25, -0.2) is 0 Å². The lowest BCUT2D eigenvalue weighted by molar-refractivity contribution is 0.386. The molecule has 0 saturated carbocycles. The minimum Gasteiger partial charge on any atom is -0.493 e. The molecule has 1 heterocycles. The lowest BCUT2D eigenvalue weighted by atomic mass is 10.1. The molecule has 2 aromatic carbocycles. The zero-order valence-corrected chi connectivity index (χ0v) is 16.8. The van der Waals surface area contributed by atoms with Crippen LogP contribution in [0.1, 0.15) is 31.0 Å². The van der Waals surface area contributed by atoms with Gasteiger partial charge in [0.05, 0.1) is 17.1 Å². The summed E-state index contributed by atoms with van der Waals surface area (Å²) in [7, 11) is 0. The largest absolute Gasteiger partial charge is 0.493 e. The number of rotatable bonds is 5. The van der Waals surface area contributed by atoms with Crippen LogP contribution in [-0.4, -0.2) is 9.67 Å². The van der Waals surface area contributed by atoms with Crippen molar-refractivity contribution in [2.45, 2.75) is 26.8 Å². The van der Waals surface area contributed by atoms with E-state index in [1.165, 1.54) is 0 Å². The monoisotopic (exact) mass is 400 g/mol. The molecule has 3 aromatic rings. The molecule has 8 heteroatoms. The van der Waals surface area contributed by atoms with Crippen LogP contribution in [-0.2, 0) is 0 Å². The van der Waals surface area contributed by atoms with Crippen LogP contribution in [0.15, 0.2) is 79.8 Å². The van der Waals surface area contributed by atoms with Crippen molar-refractivity contribution in [2.24, 2.45) is 20.5 Å². The van der Waals surface area contributed by atoms with E-state index in [9.17, 15) is 15.2 Å². The van der Waals surface area contributed by atoms with Crippen LogP contribution in [0, 0.1) is 18.3 Å². The molecule has 8 nitrogen and oxygen atoms in total. The number of pyridine rings is 1. The summed E-state index contributed by atoms with van der Waals surface area (Å²) in [5, 5.41) is 36.1. The fraction of sp³-hybridized carbons (Fsp3) is 0.182. The third-order valence-electron chi connectivity index (χ3n) is 4.38. The van der Waals surface area contributed by atoms with Crippen molar-refractivity contribution >= 4 is 22.7 Å². The van der Waals surface area contributed by atoms with Gasteiger partial charge in [-0.05, 0) is 57.2 Å². The molecule has 1 N–H and O–H groups in total. The Hall–Kier alpha value is -4.12. The molecule has 0 amide bonds. The summed E-state index contributed by atoms with van der Waals surface area (Å²) in [6.45, 7) is 5.04. The Balaban J connectivity index is 1.89. The molecular weight excluding hydrogens is 380 g/mol. The van der Waals surface area contributed by atoms with E-state index in [4.69, 9.17) is 0 Å². The summed E-state index contributed by atoms with van der Waals surface area (Å²) >= 11 is 0. The predicted octanol–water partition coefficient (Wildman–Crippen LogP) is 6.15. The fourth-order valence-corrected chi connectivity index (χ4v) is 2.81. The zero-order chi connectivity index (χ0) is 21.7. The van der Waals surface area contributed by atoms with Crippen molar-refractivity contribution in [2.75, 3.05) is 0 Å². The van der Waals surface area contributed by atoms with Crippen molar-refractivity contribution in [3.05, 3.63) is 76.1 Å². The van der Waals surface area contributed by atoms with E-state index in [1.807, 2.05) is 36.4 Å². The molecule has 0 aliphatic rings. The highest BCUT2D eigenvalue weighted by Gasteiger charge is 2.20. The second kappa shape index (κ2) is 8.92. The lowest BCUT2D eigenvalue weighted by Crippen LogP contribution is -2.23. The molecule has 0 unspecified atom stereocenters. The maximum atomic E-state index is 12.7. The smallest absolute Gasteiger partial charge is 0.281 e. The Morgan fingerprint density at radius 1 is 0.900 bits per heavy atom. The number of nitrogens with zero attached hydrogens (tertiary/aromatic N) is 6. The van der Waals surface area contributed by atoms with Gasteiger partial charge >= 0.3 is 0 Å². The first kappa shape index (κ1) is 20.6. The Morgan fingerprint density at radius 2 is 1.40 bits per heavy atom. The van der Waals surface area contributed by atoms with E-state index < -0.39 is 5.56 Å². The Morgan fingerprint density at radius 3 is 1.90 bits per heavy atom. The molecule has 0 aliphatic heterocycles. The summed E-state index contributed by atoms with van der Waals surface area (Å²) in [6.07, 6.45) is 0. The Labute approximate surface area is 173 Å². The normalized spacial score (nSPS) is 11.4. The van der Waals surface area contributed by atoms with Gasteiger partial charge in [0.25, 0.3) is 5.56 Å². The Bertz CT molecular complexity index is 1200. The topological polar surface area (TPSA) is 115 Å². The van der Waals surface area contributed by atoms with Crippen LogP contribution in [0.3, 0.4) is 0 Å². The van der Waals surface area contributed by atoms with E-state index in [2.05, 4.69) is 20.5 Å². The van der Waals surface area contributed by atoms with Gasteiger partial charge in [0.1, 0.15) is 11.6 Å². The van der Waals surface area contributed by atoms with E-state index >= 15 is 0 Å². The second-order valence-corrected chi connectivity index (χ2v) is 6.80. The molecule has 0 atom stereocenters. The average molecular weight is 400 g/mol. The highest BCUT2D eigenvalue weighted by Crippen LogP contribution is 2.29. The number of azo groups is 2. The molecule has 150 valence electrons. The number of hydrogen-bond donors (Lipinski definition) is 1. The summed E-state index contributed by atoms with van der Waals surface area (Å²) in [4.78, 5) is 12.7. The first-order chi connectivity index (χ1) is 14.4. The van der Waals surface area contributed by atoms with E-state index in [1.54, 1.807) is 45.0 Å². The van der Waals surface area contributed by atoms with Gasteiger partial charge in [0.2, 0.25) is 5.88 Å². The van der Waals surface area contributed by atoms with Crippen LogP contribution in [0.4, 0.5) is 22.7 Å². The summed E-state index contributed by atoms with van der Waals surface area (Å²) in [5.41, 5.74) is 1.71. The standard InChI is InChI=1S/C22H20N6O2/c1-14(2)28-21(29)19(13-23)15(3)20(22(28)30)27-26-18-11-9-17(10-12-18)25-24-16-7-5-4-6-8-16/h4-12,14,29H,1-3H3. The molecule has 0 bridgehead atoms. The van der Waals surface area contributed by atoms with Gasteiger partial charge in [-0.2, -0.15) is 20.6 Å².